The molecule has 0 bridgehead atoms. The highest BCUT2D eigenvalue weighted by Gasteiger charge is 2.18. The van der Waals surface area contributed by atoms with E-state index in [1.54, 1.807) is 36.5 Å². The summed E-state index contributed by atoms with van der Waals surface area (Å²) in [5.74, 6) is -1.75. The summed E-state index contributed by atoms with van der Waals surface area (Å²) in [4.78, 5) is 23.3. The number of hydrogen-bond acceptors (Lipinski definition) is 6. The van der Waals surface area contributed by atoms with Crippen LogP contribution < -0.4 is 0 Å². The molecule has 0 atom stereocenters. The van der Waals surface area contributed by atoms with Gasteiger partial charge in [-0.3, -0.25) is 4.79 Å². The second kappa shape index (κ2) is 7.03. The number of carboxylic acids is 1. The van der Waals surface area contributed by atoms with Crippen LogP contribution in [-0.4, -0.2) is 40.9 Å². The predicted molar refractivity (Wildman–Crippen MR) is 97.1 cm³/mol. The van der Waals surface area contributed by atoms with Gasteiger partial charge in [0.15, 0.2) is 11.5 Å². The van der Waals surface area contributed by atoms with E-state index in [1.165, 1.54) is 16.9 Å². The molecule has 3 heterocycles. The number of fused-ring (bicyclic) bond motifs is 1. The van der Waals surface area contributed by atoms with Gasteiger partial charge in [0.1, 0.15) is 11.5 Å². The summed E-state index contributed by atoms with van der Waals surface area (Å²) in [5.41, 5.74) is 1.42. The Kier molecular flexibility index (Phi) is 4.40. The van der Waals surface area contributed by atoms with E-state index in [2.05, 4.69) is 20.1 Å². The van der Waals surface area contributed by atoms with E-state index < -0.39 is 18.3 Å². The van der Waals surface area contributed by atoms with Gasteiger partial charge in [0.2, 0.25) is 5.88 Å². The Labute approximate surface area is 158 Å². The molecule has 1 aromatic carbocycles. The average molecular weight is 379 g/mol. The fourth-order valence-electron chi connectivity index (χ4n) is 2.87. The molecule has 0 amide bonds. The van der Waals surface area contributed by atoms with Crippen LogP contribution in [0, 0.1) is 5.82 Å². The van der Waals surface area contributed by atoms with Crippen molar-refractivity contribution in [1.29, 1.82) is 0 Å². The van der Waals surface area contributed by atoms with Crippen LogP contribution >= 0.6 is 0 Å². The maximum atomic E-state index is 14.0. The number of benzene rings is 1. The number of halogens is 1. The number of rotatable bonds is 5. The van der Waals surface area contributed by atoms with Crippen LogP contribution in [0.2, 0.25) is 0 Å². The lowest BCUT2D eigenvalue weighted by Gasteiger charge is -2.04. The van der Waals surface area contributed by atoms with Gasteiger partial charge in [-0.25, -0.2) is 19.0 Å². The Balaban J connectivity index is 1.79. The molecule has 2 N–H and O–H groups in total. The summed E-state index contributed by atoms with van der Waals surface area (Å²) in [6, 6.07) is 9.87. The summed E-state index contributed by atoms with van der Waals surface area (Å²) in [6.45, 7) is 0.156. The molecule has 0 spiro atoms. The monoisotopic (exact) mass is 379 g/mol. The minimum atomic E-state index is -1.10. The first-order valence-corrected chi connectivity index (χ1v) is 8.35. The van der Waals surface area contributed by atoms with E-state index in [1.807, 2.05) is 0 Å². The van der Waals surface area contributed by atoms with Crippen molar-refractivity contribution in [1.82, 2.24) is 24.7 Å². The molecular weight excluding hydrogens is 365 g/mol. The molecule has 0 fully saturated rings. The number of carbonyl (C=O) groups is 1. The molecule has 4 rings (SSSR count). The van der Waals surface area contributed by atoms with Crippen molar-refractivity contribution in [3.05, 3.63) is 65.7 Å². The number of aliphatic carboxylic acids is 1. The molecule has 140 valence electrons. The molecule has 0 saturated carbocycles. The van der Waals surface area contributed by atoms with Crippen LogP contribution in [0.4, 0.5) is 4.39 Å². The minimum absolute atomic E-state index is 0.101. The first-order chi connectivity index (χ1) is 13.5. The summed E-state index contributed by atoms with van der Waals surface area (Å²) in [5, 5.41) is 24.0. The van der Waals surface area contributed by atoms with Gasteiger partial charge in [0.05, 0.1) is 18.4 Å². The molecule has 28 heavy (non-hydrogen) atoms. The minimum Gasteiger partial charge on any atom is -0.493 e. The van der Waals surface area contributed by atoms with Crippen molar-refractivity contribution in [2.45, 2.75) is 13.0 Å². The number of carboxylic acid groups (broad SMARTS) is 1. The van der Waals surface area contributed by atoms with Gasteiger partial charge in [-0.1, -0.05) is 18.2 Å². The van der Waals surface area contributed by atoms with Crippen molar-refractivity contribution in [3.8, 4) is 17.4 Å². The van der Waals surface area contributed by atoms with Crippen molar-refractivity contribution in [3.63, 3.8) is 0 Å². The molecule has 0 radical (unpaired) electrons. The van der Waals surface area contributed by atoms with E-state index in [-0.39, 0.29) is 23.7 Å². The highest BCUT2D eigenvalue weighted by Crippen LogP contribution is 2.27. The molecule has 4 aromatic rings. The van der Waals surface area contributed by atoms with Crippen molar-refractivity contribution >= 4 is 17.0 Å². The van der Waals surface area contributed by atoms with Crippen LogP contribution in [-0.2, 0) is 17.8 Å². The van der Waals surface area contributed by atoms with E-state index >= 15 is 0 Å². The Hall–Kier alpha value is -3.88. The highest BCUT2D eigenvalue weighted by atomic mass is 19.1. The van der Waals surface area contributed by atoms with Crippen LogP contribution in [0.15, 0.2) is 48.8 Å². The molecule has 0 aliphatic rings. The second-order valence-corrected chi connectivity index (χ2v) is 6.09. The van der Waals surface area contributed by atoms with Crippen molar-refractivity contribution in [2.75, 3.05) is 0 Å². The standard InChI is InChI=1S/C19H14FN5O3/c20-14-6-2-1-4-11(14)10-25-18-13(5-3-7-21-18)16(24-25)17-22-9-12(8-15(26)27)19(28)23-17/h1-7,9H,8,10H2,(H,26,27)(H,22,23,28). The maximum absolute atomic E-state index is 14.0. The molecule has 8 nitrogen and oxygen atoms in total. The third-order valence-corrected chi connectivity index (χ3v) is 4.18. The Morgan fingerprint density at radius 3 is 2.68 bits per heavy atom. The Bertz CT molecular complexity index is 1190. The van der Waals surface area contributed by atoms with Gasteiger partial charge in [0.25, 0.3) is 0 Å². The summed E-state index contributed by atoms with van der Waals surface area (Å²) in [6.07, 6.45) is 2.46. The number of aromatic hydroxyl groups is 1. The average Bonchev–Trinajstić information content (AvgIpc) is 3.04. The fourth-order valence-corrected chi connectivity index (χ4v) is 2.87. The summed E-state index contributed by atoms with van der Waals surface area (Å²) in [7, 11) is 0. The van der Waals surface area contributed by atoms with Crippen LogP contribution in [0.5, 0.6) is 5.88 Å². The number of aromatic nitrogens is 5. The van der Waals surface area contributed by atoms with Crippen LogP contribution in [0.3, 0.4) is 0 Å². The zero-order chi connectivity index (χ0) is 19.7. The maximum Gasteiger partial charge on any atom is 0.308 e. The Morgan fingerprint density at radius 1 is 1.11 bits per heavy atom. The van der Waals surface area contributed by atoms with Gasteiger partial charge in [-0.2, -0.15) is 10.1 Å². The molecule has 3 aromatic heterocycles. The van der Waals surface area contributed by atoms with Crippen LogP contribution in [0.1, 0.15) is 11.1 Å². The molecule has 0 aliphatic carbocycles. The summed E-state index contributed by atoms with van der Waals surface area (Å²) >= 11 is 0. The number of hydrogen-bond donors (Lipinski definition) is 2. The fraction of sp³-hybridized carbons (Fsp3) is 0.105. The van der Waals surface area contributed by atoms with E-state index in [0.717, 1.165) is 0 Å². The third-order valence-electron chi connectivity index (χ3n) is 4.18. The van der Waals surface area contributed by atoms with E-state index in [9.17, 15) is 14.3 Å². The van der Waals surface area contributed by atoms with Gasteiger partial charge < -0.3 is 10.2 Å². The second-order valence-electron chi connectivity index (χ2n) is 6.09. The quantitative estimate of drug-likeness (QED) is 0.547. The molecule has 9 heteroatoms. The SMILES string of the molecule is O=C(O)Cc1cnc(-c2nn(Cc3ccccc3F)c3ncccc23)nc1O. The molecule has 0 unspecified atom stereocenters. The lowest BCUT2D eigenvalue weighted by molar-refractivity contribution is -0.136. The van der Waals surface area contributed by atoms with Gasteiger partial charge in [-0.05, 0) is 18.2 Å². The zero-order valence-corrected chi connectivity index (χ0v) is 14.4. The largest absolute Gasteiger partial charge is 0.493 e. The first kappa shape index (κ1) is 17.5. The lowest BCUT2D eigenvalue weighted by Crippen LogP contribution is -2.05. The van der Waals surface area contributed by atoms with Gasteiger partial charge in [-0.15, -0.1) is 0 Å². The third kappa shape index (κ3) is 3.25. The zero-order valence-electron chi connectivity index (χ0n) is 14.4. The topological polar surface area (TPSA) is 114 Å². The van der Waals surface area contributed by atoms with Crippen LogP contribution in [0.25, 0.3) is 22.6 Å². The first-order valence-electron chi connectivity index (χ1n) is 8.35. The van der Waals surface area contributed by atoms with Crippen molar-refractivity contribution in [2.24, 2.45) is 0 Å². The van der Waals surface area contributed by atoms with E-state index in [4.69, 9.17) is 5.11 Å². The normalized spacial score (nSPS) is 11.0. The van der Waals surface area contributed by atoms with Gasteiger partial charge in [0, 0.05) is 23.5 Å². The smallest absolute Gasteiger partial charge is 0.308 e. The number of pyridine rings is 1. The van der Waals surface area contributed by atoms with E-state index in [0.29, 0.717) is 22.3 Å². The molecule has 0 saturated heterocycles. The van der Waals surface area contributed by atoms with Crippen molar-refractivity contribution < 1.29 is 19.4 Å². The molecule has 0 aliphatic heterocycles. The number of nitrogens with zero attached hydrogens (tertiary/aromatic N) is 5. The predicted octanol–water partition coefficient (Wildman–Crippen LogP) is 2.41. The highest BCUT2D eigenvalue weighted by molar-refractivity contribution is 5.89. The Morgan fingerprint density at radius 2 is 1.93 bits per heavy atom. The lowest BCUT2D eigenvalue weighted by atomic mass is 10.2. The van der Waals surface area contributed by atoms with Gasteiger partial charge >= 0.3 is 5.97 Å². The molecular formula is C19H14FN5O3. The summed E-state index contributed by atoms with van der Waals surface area (Å²) < 4.78 is 15.6.